The van der Waals surface area contributed by atoms with E-state index in [9.17, 15) is 5.11 Å². The van der Waals surface area contributed by atoms with Gasteiger partial charge >= 0.3 is 0 Å². The monoisotopic (exact) mass is 178 g/mol. The summed E-state index contributed by atoms with van der Waals surface area (Å²) in [5, 5.41) is 9.50. The van der Waals surface area contributed by atoms with Crippen LogP contribution in [0.1, 0.15) is 12.5 Å². The zero-order chi connectivity index (χ0) is 9.31. The fourth-order valence-electron chi connectivity index (χ4n) is 1.78. The second-order valence-electron chi connectivity index (χ2n) is 4.00. The normalized spacial score (nSPS) is 21.1. The highest BCUT2D eigenvalue weighted by atomic mass is 16.3. The van der Waals surface area contributed by atoms with Gasteiger partial charge in [-0.25, -0.2) is 0 Å². The van der Waals surface area contributed by atoms with Crippen molar-refractivity contribution >= 4 is 0 Å². The van der Waals surface area contributed by atoms with Crippen LogP contribution in [0.25, 0.3) is 0 Å². The molecule has 1 fully saturated rings. The van der Waals surface area contributed by atoms with Gasteiger partial charge in [-0.2, -0.15) is 0 Å². The number of likely N-dealkylation sites (tertiary alicyclic amines) is 1. The summed E-state index contributed by atoms with van der Waals surface area (Å²) in [6, 6.07) is 3.99. The number of hydrogen-bond donors (Lipinski definition) is 1. The summed E-state index contributed by atoms with van der Waals surface area (Å²) < 4.78 is 0. The Hall–Kier alpha value is -0.930. The van der Waals surface area contributed by atoms with E-state index >= 15 is 0 Å². The fraction of sp³-hybridized carbons (Fsp3) is 0.500. The molecular weight excluding hydrogens is 164 g/mol. The van der Waals surface area contributed by atoms with E-state index in [2.05, 4.69) is 16.0 Å². The van der Waals surface area contributed by atoms with Crippen molar-refractivity contribution in [3.05, 3.63) is 30.1 Å². The molecule has 3 nitrogen and oxygen atoms in total. The first-order chi connectivity index (χ1) is 6.16. The molecule has 0 atom stereocenters. The highest BCUT2D eigenvalue weighted by Crippen LogP contribution is 2.21. The van der Waals surface area contributed by atoms with Crippen molar-refractivity contribution < 1.29 is 5.11 Å². The van der Waals surface area contributed by atoms with E-state index in [1.165, 1.54) is 5.56 Å². The summed E-state index contributed by atoms with van der Waals surface area (Å²) in [5.41, 5.74) is 0.736. The molecule has 1 aromatic heterocycles. The van der Waals surface area contributed by atoms with Crippen LogP contribution in [-0.4, -0.2) is 33.7 Å². The molecule has 0 bridgehead atoms. The molecule has 0 unspecified atom stereocenters. The van der Waals surface area contributed by atoms with Crippen LogP contribution < -0.4 is 0 Å². The highest BCUT2D eigenvalue weighted by Gasteiger charge is 2.35. The zero-order valence-electron chi connectivity index (χ0n) is 7.77. The third-order valence-electron chi connectivity index (χ3n) is 2.26. The molecule has 70 valence electrons. The minimum atomic E-state index is -0.470. The number of aliphatic hydroxyl groups is 1. The molecule has 0 amide bonds. The Bertz CT molecular complexity index is 276. The number of hydrogen-bond acceptors (Lipinski definition) is 3. The fourth-order valence-corrected chi connectivity index (χ4v) is 1.78. The summed E-state index contributed by atoms with van der Waals surface area (Å²) in [7, 11) is 0. The summed E-state index contributed by atoms with van der Waals surface area (Å²) >= 11 is 0. The Balaban J connectivity index is 1.88. The highest BCUT2D eigenvalue weighted by molar-refractivity contribution is 5.09. The van der Waals surface area contributed by atoms with E-state index in [1.807, 2.05) is 19.2 Å². The van der Waals surface area contributed by atoms with Crippen LogP contribution >= 0.6 is 0 Å². The Kier molecular flexibility index (Phi) is 2.06. The van der Waals surface area contributed by atoms with Gasteiger partial charge in [-0.3, -0.25) is 9.88 Å². The van der Waals surface area contributed by atoms with Crippen LogP contribution in [0, 0.1) is 0 Å². The van der Waals surface area contributed by atoms with Crippen molar-refractivity contribution in [2.75, 3.05) is 13.1 Å². The van der Waals surface area contributed by atoms with Gasteiger partial charge in [0.2, 0.25) is 0 Å². The van der Waals surface area contributed by atoms with Gasteiger partial charge in [-0.15, -0.1) is 0 Å². The molecule has 13 heavy (non-hydrogen) atoms. The number of pyridine rings is 1. The molecule has 1 N–H and O–H groups in total. The molecule has 2 rings (SSSR count). The third kappa shape index (κ3) is 2.05. The Labute approximate surface area is 78.0 Å². The standard InChI is InChI=1S/C10H14N2O/c1-10(13)7-12(8-10)6-9-3-2-4-11-5-9/h2-5,13H,6-8H2,1H3. The first-order valence-corrected chi connectivity index (χ1v) is 4.49. The van der Waals surface area contributed by atoms with Crippen LogP contribution in [0.3, 0.4) is 0 Å². The van der Waals surface area contributed by atoms with Crippen molar-refractivity contribution in [2.45, 2.75) is 19.1 Å². The predicted molar refractivity (Wildman–Crippen MR) is 50.1 cm³/mol. The number of nitrogens with zero attached hydrogens (tertiary/aromatic N) is 2. The molecule has 1 saturated heterocycles. The molecule has 0 aliphatic carbocycles. The summed E-state index contributed by atoms with van der Waals surface area (Å²) in [6.45, 7) is 4.29. The van der Waals surface area contributed by atoms with Gasteiger partial charge in [0.1, 0.15) is 0 Å². The van der Waals surface area contributed by atoms with Gasteiger partial charge in [0.25, 0.3) is 0 Å². The SMILES string of the molecule is CC1(O)CN(Cc2cccnc2)C1. The molecule has 3 heteroatoms. The van der Waals surface area contributed by atoms with Crippen molar-refractivity contribution in [2.24, 2.45) is 0 Å². The molecule has 1 aromatic rings. The van der Waals surface area contributed by atoms with Gasteiger partial charge < -0.3 is 5.11 Å². The minimum absolute atomic E-state index is 0.470. The lowest BCUT2D eigenvalue weighted by molar-refractivity contribution is -0.0871. The average molecular weight is 178 g/mol. The summed E-state index contributed by atoms with van der Waals surface area (Å²) in [5.74, 6) is 0. The maximum atomic E-state index is 9.50. The van der Waals surface area contributed by atoms with Crippen molar-refractivity contribution in [3.8, 4) is 0 Å². The summed E-state index contributed by atoms with van der Waals surface area (Å²) in [6.07, 6.45) is 3.64. The maximum absolute atomic E-state index is 9.50. The van der Waals surface area contributed by atoms with Gasteiger partial charge in [0.05, 0.1) is 5.60 Å². The van der Waals surface area contributed by atoms with E-state index in [0.717, 1.165) is 19.6 Å². The number of aromatic nitrogens is 1. The van der Waals surface area contributed by atoms with Gasteiger partial charge in [0, 0.05) is 32.0 Å². The molecule has 0 saturated carbocycles. The number of rotatable bonds is 2. The first-order valence-electron chi connectivity index (χ1n) is 4.49. The maximum Gasteiger partial charge on any atom is 0.0872 e. The smallest absolute Gasteiger partial charge is 0.0872 e. The van der Waals surface area contributed by atoms with E-state index in [-0.39, 0.29) is 0 Å². The van der Waals surface area contributed by atoms with Crippen LogP contribution in [0.4, 0.5) is 0 Å². The average Bonchev–Trinajstić information content (AvgIpc) is 2.03. The number of β-amino-alcohol motifs (C(OH)–C–C–N with tert-alkyl or cyclic N) is 1. The van der Waals surface area contributed by atoms with Gasteiger partial charge in [0.15, 0.2) is 0 Å². The lowest BCUT2D eigenvalue weighted by atomic mass is 9.96. The molecule has 2 heterocycles. The Morgan fingerprint density at radius 1 is 1.62 bits per heavy atom. The molecule has 1 aliphatic rings. The largest absolute Gasteiger partial charge is 0.388 e. The van der Waals surface area contributed by atoms with Crippen molar-refractivity contribution in [1.29, 1.82) is 0 Å². The van der Waals surface area contributed by atoms with E-state index < -0.39 is 5.60 Å². The molecule has 1 aliphatic heterocycles. The molecule has 0 aromatic carbocycles. The van der Waals surface area contributed by atoms with Crippen molar-refractivity contribution in [1.82, 2.24) is 9.88 Å². The van der Waals surface area contributed by atoms with Crippen molar-refractivity contribution in [3.63, 3.8) is 0 Å². The lowest BCUT2D eigenvalue weighted by Crippen LogP contribution is -2.59. The third-order valence-corrected chi connectivity index (χ3v) is 2.26. The van der Waals surface area contributed by atoms with Crippen LogP contribution in [0.5, 0.6) is 0 Å². The topological polar surface area (TPSA) is 36.4 Å². The van der Waals surface area contributed by atoms with Crippen LogP contribution in [-0.2, 0) is 6.54 Å². The first kappa shape index (κ1) is 8.66. The van der Waals surface area contributed by atoms with E-state index in [1.54, 1.807) is 6.20 Å². The Morgan fingerprint density at radius 2 is 2.38 bits per heavy atom. The Morgan fingerprint density at radius 3 is 2.92 bits per heavy atom. The predicted octanol–water partition coefficient (Wildman–Crippen LogP) is 0.648. The van der Waals surface area contributed by atoms with Gasteiger partial charge in [-0.05, 0) is 18.6 Å². The molecular formula is C10H14N2O. The summed E-state index contributed by atoms with van der Waals surface area (Å²) in [4.78, 5) is 6.25. The second kappa shape index (κ2) is 3.09. The lowest BCUT2D eigenvalue weighted by Gasteiger charge is -2.44. The van der Waals surface area contributed by atoms with E-state index in [0.29, 0.717) is 0 Å². The van der Waals surface area contributed by atoms with Gasteiger partial charge in [-0.1, -0.05) is 6.07 Å². The van der Waals surface area contributed by atoms with Crippen LogP contribution in [0.15, 0.2) is 24.5 Å². The van der Waals surface area contributed by atoms with Crippen LogP contribution in [0.2, 0.25) is 0 Å². The molecule has 0 radical (unpaired) electrons. The molecule has 0 spiro atoms. The second-order valence-corrected chi connectivity index (χ2v) is 4.00. The van der Waals surface area contributed by atoms with E-state index in [4.69, 9.17) is 0 Å². The quantitative estimate of drug-likeness (QED) is 0.722. The zero-order valence-corrected chi connectivity index (χ0v) is 7.77. The minimum Gasteiger partial charge on any atom is -0.388 e.